The Bertz CT molecular complexity index is 526. The molecule has 0 spiro atoms. The molecule has 20 heavy (non-hydrogen) atoms. The summed E-state index contributed by atoms with van der Waals surface area (Å²) < 4.78 is 4.93. The van der Waals surface area contributed by atoms with Crippen molar-refractivity contribution in [3.63, 3.8) is 0 Å². The van der Waals surface area contributed by atoms with Crippen LogP contribution in [-0.4, -0.2) is 35.7 Å². The quantitative estimate of drug-likeness (QED) is 0.277. The average Bonchev–Trinajstić information content (AvgIpc) is 2.44. The number of aromatic hydroxyl groups is 1. The largest absolute Gasteiger partial charge is 0.504 e. The zero-order chi connectivity index (χ0) is 15.3. The van der Waals surface area contributed by atoms with Crippen LogP contribution in [0.1, 0.15) is 24.2 Å². The lowest BCUT2D eigenvalue weighted by Gasteiger charge is -2.23. The normalized spacial score (nSPS) is 12.1. The van der Waals surface area contributed by atoms with E-state index in [2.05, 4.69) is 10.5 Å². The Kier molecular flexibility index (Phi) is 4.79. The number of nitrogens with one attached hydrogen (secondary N) is 1. The number of carbonyl (C=O) groups excluding carboxylic acids is 1. The molecule has 110 valence electrons. The molecule has 0 radical (unpaired) electrons. The van der Waals surface area contributed by atoms with Gasteiger partial charge in [0.05, 0.1) is 12.7 Å². The van der Waals surface area contributed by atoms with Crippen molar-refractivity contribution in [1.82, 2.24) is 5.32 Å². The molecule has 0 aliphatic carbocycles. The Morgan fingerprint density at radius 1 is 1.50 bits per heavy atom. The summed E-state index contributed by atoms with van der Waals surface area (Å²) >= 11 is 0. The maximum atomic E-state index is 12.0. The summed E-state index contributed by atoms with van der Waals surface area (Å²) in [6, 6.07) is 4.62. The zero-order valence-electron chi connectivity index (χ0n) is 11.7. The van der Waals surface area contributed by atoms with Crippen LogP contribution in [0.25, 0.3) is 0 Å². The second kappa shape index (κ2) is 6.14. The minimum Gasteiger partial charge on any atom is -0.504 e. The van der Waals surface area contributed by atoms with Crippen molar-refractivity contribution in [2.45, 2.75) is 13.8 Å². The first-order valence-corrected chi connectivity index (χ1v) is 5.95. The van der Waals surface area contributed by atoms with E-state index in [0.29, 0.717) is 0 Å². The van der Waals surface area contributed by atoms with Crippen molar-refractivity contribution in [3.8, 4) is 11.5 Å². The zero-order valence-corrected chi connectivity index (χ0v) is 11.7. The van der Waals surface area contributed by atoms with Crippen LogP contribution in [-0.2, 0) is 0 Å². The SMILES string of the molecule is COc1cccc(C(=O)NCC(C)(C)/C(N)=N/O)c1O. The van der Waals surface area contributed by atoms with Gasteiger partial charge in [0.25, 0.3) is 5.91 Å². The number of para-hydroxylation sites is 1. The van der Waals surface area contributed by atoms with Crippen LogP contribution in [0.3, 0.4) is 0 Å². The van der Waals surface area contributed by atoms with Crippen molar-refractivity contribution < 1.29 is 19.8 Å². The summed E-state index contributed by atoms with van der Waals surface area (Å²) in [5, 5.41) is 24.1. The van der Waals surface area contributed by atoms with Gasteiger partial charge in [0.1, 0.15) is 5.84 Å². The highest BCUT2D eigenvalue weighted by atomic mass is 16.5. The van der Waals surface area contributed by atoms with E-state index in [1.165, 1.54) is 13.2 Å². The van der Waals surface area contributed by atoms with Crippen molar-refractivity contribution in [3.05, 3.63) is 23.8 Å². The number of amidine groups is 1. The Hall–Kier alpha value is -2.44. The maximum Gasteiger partial charge on any atom is 0.255 e. The van der Waals surface area contributed by atoms with Crippen LogP contribution in [0.2, 0.25) is 0 Å². The first-order chi connectivity index (χ1) is 9.33. The Labute approximate surface area is 117 Å². The number of oxime groups is 1. The maximum absolute atomic E-state index is 12.0. The fourth-order valence-electron chi connectivity index (χ4n) is 1.49. The number of nitrogens with zero attached hydrogens (tertiary/aromatic N) is 1. The second-order valence-corrected chi connectivity index (χ2v) is 4.91. The van der Waals surface area contributed by atoms with Crippen LogP contribution in [0, 0.1) is 5.41 Å². The Morgan fingerprint density at radius 2 is 2.15 bits per heavy atom. The second-order valence-electron chi connectivity index (χ2n) is 4.91. The molecule has 7 heteroatoms. The summed E-state index contributed by atoms with van der Waals surface area (Å²) in [5.41, 5.74) is 4.92. The van der Waals surface area contributed by atoms with E-state index >= 15 is 0 Å². The molecule has 7 nitrogen and oxygen atoms in total. The van der Waals surface area contributed by atoms with Gasteiger partial charge in [-0.05, 0) is 12.1 Å². The Morgan fingerprint density at radius 3 is 2.70 bits per heavy atom. The molecule has 0 saturated heterocycles. The van der Waals surface area contributed by atoms with Gasteiger partial charge in [0.15, 0.2) is 11.5 Å². The number of phenols is 1. The topological polar surface area (TPSA) is 117 Å². The minimum absolute atomic E-state index is 0.00710. The first-order valence-electron chi connectivity index (χ1n) is 5.95. The molecule has 1 aromatic carbocycles. The number of methoxy groups -OCH3 is 1. The molecule has 5 N–H and O–H groups in total. The van der Waals surface area contributed by atoms with Crippen LogP contribution in [0.5, 0.6) is 11.5 Å². The average molecular weight is 281 g/mol. The molecule has 0 unspecified atom stereocenters. The van der Waals surface area contributed by atoms with E-state index in [1.54, 1.807) is 26.0 Å². The third kappa shape index (κ3) is 3.31. The molecular formula is C13H19N3O4. The van der Waals surface area contributed by atoms with Crippen molar-refractivity contribution in [1.29, 1.82) is 0 Å². The number of benzene rings is 1. The molecule has 1 aromatic rings. The number of phenolic OH excluding ortho intramolecular Hbond substituents is 1. The molecule has 0 heterocycles. The predicted octanol–water partition coefficient (Wildman–Crippen LogP) is 0.903. The smallest absolute Gasteiger partial charge is 0.255 e. The molecule has 0 bridgehead atoms. The number of ether oxygens (including phenoxy) is 1. The van der Waals surface area contributed by atoms with E-state index in [0.717, 1.165) is 0 Å². The summed E-state index contributed by atoms with van der Waals surface area (Å²) in [6.45, 7) is 3.58. The summed E-state index contributed by atoms with van der Waals surface area (Å²) in [6.07, 6.45) is 0. The van der Waals surface area contributed by atoms with E-state index in [1.807, 2.05) is 0 Å². The van der Waals surface area contributed by atoms with Gasteiger partial charge in [-0.15, -0.1) is 0 Å². The molecule has 1 amide bonds. The van der Waals surface area contributed by atoms with Gasteiger partial charge in [-0.25, -0.2) is 0 Å². The molecule has 0 aliphatic heterocycles. The van der Waals surface area contributed by atoms with Gasteiger partial charge >= 0.3 is 0 Å². The van der Waals surface area contributed by atoms with Crippen LogP contribution >= 0.6 is 0 Å². The van der Waals surface area contributed by atoms with E-state index in [4.69, 9.17) is 15.7 Å². The van der Waals surface area contributed by atoms with Gasteiger partial charge < -0.3 is 26.1 Å². The number of hydrogen-bond acceptors (Lipinski definition) is 5. The number of carbonyl (C=O) groups is 1. The van der Waals surface area contributed by atoms with E-state index in [9.17, 15) is 9.90 Å². The van der Waals surface area contributed by atoms with Crippen molar-refractivity contribution in [2.24, 2.45) is 16.3 Å². The highest BCUT2D eigenvalue weighted by molar-refractivity contribution is 5.98. The predicted molar refractivity (Wildman–Crippen MR) is 74.2 cm³/mol. The van der Waals surface area contributed by atoms with Gasteiger partial charge in [-0.1, -0.05) is 25.1 Å². The molecule has 0 aliphatic rings. The molecule has 0 aromatic heterocycles. The number of rotatable bonds is 5. The van der Waals surface area contributed by atoms with Crippen LogP contribution in [0.4, 0.5) is 0 Å². The third-order valence-electron chi connectivity index (χ3n) is 2.96. The lowest BCUT2D eigenvalue weighted by Crippen LogP contribution is -2.42. The van der Waals surface area contributed by atoms with Crippen LogP contribution < -0.4 is 15.8 Å². The fraction of sp³-hybridized carbons (Fsp3) is 0.385. The molecular weight excluding hydrogens is 262 g/mol. The van der Waals surface area contributed by atoms with Gasteiger partial charge in [0, 0.05) is 12.0 Å². The molecule has 1 rings (SSSR count). The lowest BCUT2D eigenvalue weighted by molar-refractivity contribution is 0.0941. The summed E-state index contributed by atoms with van der Waals surface area (Å²) in [4.78, 5) is 12.0. The summed E-state index contributed by atoms with van der Waals surface area (Å²) in [7, 11) is 1.40. The number of hydrogen-bond donors (Lipinski definition) is 4. The Balaban J connectivity index is 2.83. The molecule has 0 fully saturated rings. The van der Waals surface area contributed by atoms with Gasteiger partial charge in [-0.2, -0.15) is 0 Å². The van der Waals surface area contributed by atoms with Gasteiger partial charge in [0.2, 0.25) is 0 Å². The highest BCUT2D eigenvalue weighted by Crippen LogP contribution is 2.29. The minimum atomic E-state index is -0.709. The fourth-order valence-corrected chi connectivity index (χ4v) is 1.49. The van der Waals surface area contributed by atoms with Crippen molar-refractivity contribution >= 4 is 11.7 Å². The lowest BCUT2D eigenvalue weighted by atomic mass is 9.92. The number of amides is 1. The standard InChI is InChI=1S/C13H19N3O4/c1-13(2,12(14)16-19)7-15-11(18)8-5-4-6-9(20-3)10(8)17/h4-6,17,19H,7H2,1-3H3,(H2,14,16)(H,15,18). The molecule has 0 saturated carbocycles. The monoisotopic (exact) mass is 281 g/mol. The van der Waals surface area contributed by atoms with Crippen LogP contribution in [0.15, 0.2) is 23.4 Å². The number of nitrogens with two attached hydrogens (primary N) is 1. The van der Waals surface area contributed by atoms with E-state index < -0.39 is 11.3 Å². The highest BCUT2D eigenvalue weighted by Gasteiger charge is 2.25. The first kappa shape index (κ1) is 15.6. The van der Waals surface area contributed by atoms with E-state index in [-0.39, 0.29) is 29.4 Å². The summed E-state index contributed by atoms with van der Waals surface area (Å²) in [5.74, 6) is -0.477. The molecule has 0 atom stereocenters. The van der Waals surface area contributed by atoms with Gasteiger partial charge in [-0.3, -0.25) is 4.79 Å². The van der Waals surface area contributed by atoms with Crippen molar-refractivity contribution in [2.75, 3.05) is 13.7 Å². The third-order valence-corrected chi connectivity index (χ3v) is 2.96.